The zero-order valence-corrected chi connectivity index (χ0v) is 18.4. The molecule has 1 saturated heterocycles. The van der Waals surface area contributed by atoms with Gasteiger partial charge in [-0.05, 0) is 52.1 Å². The zero-order chi connectivity index (χ0) is 21.6. The highest BCUT2D eigenvalue weighted by Gasteiger charge is 2.28. The fourth-order valence-electron chi connectivity index (χ4n) is 3.78. The highest BCUT2D eigenvalue weighted by Crippen LogP contribution is 2.38. The summed E-state index contributed by atoms with van der Waals surface area (Å²) in [5.41, 5.74) is 8.59. The second kappa shape index (κ2) is 7.50. The lowest BCUT2D eigenvalue weighted by Crippen LogP contribution is -2.42. The minimum Gasteiger partial charge on any atom is -0.444 e. The number of rotatable bonds is 2. The van der Waals surface area contributed by atoms with Gasteiger partial charge in [0.05, 0.1) is 12.2 Å². The Bertz CT molecular complexity index is 1090. The molecular formula is C21H26ClN5O3. The molecule has 1 aliphatic rings. The Morgan fingerprint density at radius 1 is 1.30 bits per heavy atom. The Labute approximate surface area is 179 Å². The first-order valence-corrected chi connectivity index (χ1v) is 10.4. The van der Waals surface area contributed by atoms with Crippen molar-refractivity contribution in [3.8, 4) is 11.1 Å². The maximum Gasteiger partial charge on any atom is 0.410 e. The lowest BCUT2D eigenvalue weighted by Gasteiger charge is -2.33. The summed E-state index contributed by atoms with van der Waals surface area (Å²) in [6.07, 6.45) is 6.90. The zero-order valence-electron chi connectivity index (χ0n) is 17.6. The summed E-state index contributed by atoms with van der Waals surface area (Å²) in [6.45, 7) is 8.80. The number of furan rings is 1. The fourth-order valence-corrected chi connectivity index (χ4v) is 3.95. The van der Waals surface area contributed by atoms with E-state index in [0.717, 1.165) is 34.9 Å². The standard InChI is InChI=1S/C21H26ClN5O3/c1-12-16-15(10-24-19(23)17(16)29-18(12)22)13-9-25-27(11-13)14-5-7-26(8-6-14)20(28)30-21(2,3)4/h9-11,14H,5-8H2,1-4H3,(H2,23,24). The predicted octanol–water partition coefficient (Wildman–Crippen LogP) is 4.81. The predicted molar refractivity (Wildman–Crippen MR) is 115 cm³/mol. The Kier molecular flexibility index (Phi) is 5.13. The number of aryl methyl sites for hydroxylation is 1. The van der Waals surface area contributed by atoms with Gasteiger partial charge in [-0.15, -0.1) is 0 Å². The van der Waals surface area contributed by atoms with E-state index in [1.165, 1.54) is 0 Å². The van der Waals surface area contributed by atoms with Crippen molar-refractivity contribution in [3.63, 3.8) is 0 Å². The van der Waals surface area contributed by atoms with Gasteiger partial charge in [-0.2, -0.15) is 5.10 Å². The second-order valence-corrected chi connectivity index (χ2v) is 9.01. The molecule has 30 heavy (non-hydrogen) atoms. The number of pyridine rings is 1. The monoisotopic (exact) mass is 431 g/mol. The second-order valence-electron chi connectivity index (χ2n) is 8.67. The number of carbonyl (C=O) groups is 1. The Hall–Kier alpha value is -2.74. The van der Waals surface area contributed by atoms with Crippen LogP contribution < -0.4 is 5.73 Å². The van der Waals surface area contributed by atoms with Gasteiger partial charge >= 0.3 is 6.09 Å². The van der Waals surface area contributed by atoms with Crippen LogP contribution in [0.4, 0.5) is 10.6 Å². The Morgan fingerprint density at radius 3 is 2.67 bits per heavy atom. The van der Waals surface area contributed by atoms with Gasteiger partial charge in [0.1, 0.15) is 5.60 Å². The molecule has 0 bridgehead atoms. The third-order valence-electron chi connectivity index (χ3n) is 5.33. The number of aromatic nitrogens is 3. The van der Waals surface area contributed by atoms with Gasteiger partial charge in [0, 0.05) is 47.6 Å². The highest BCUT2D eigenvalue weighted by molar-refractivity contribution is 6.31. The lowest BCUT2D eigenvalue weighted by molar-refractivity contribution is 0.0185. The molecule has 1 fully saturated rings. The number of amides is 1. The van der Waals surface area contributed by atoms with Crippen molar-refractivity contribution < 1.29 is 13.9 Å². The van der Waals surface area contributed by atoms with Crippen molar-refractivity contribution >= 4 is 34.5 Å². The van der Waals surface area contributed by atoms with Crippen molar-refractivity contribution in [2.24, 2.45) is 0 Å². The van der Waals surface area contributed by atoms with Gasteiger partial charge in [-0.25, -0.2) is 9.78 Å². The number of nitrogens with two attached hydrogens (primary N) is 1. The number of fused-ring (bicyclic) bond motifs is 1. The largest absolute Gasteiger partial charge is 0.444 e. The molecule has 0 saturated carbocycles. The quantitative estimate of drug-likeness (QED) is 0.625. The topological polar surface area (TPSA) is 99.4 Å². The normalized spacial score (nSPS) is 15.7. The summed E-state index contributed by atoms with van der Waals surface area (Å²) in [5.74, 6) is 0.311. The Morgan fingerprint density at radius 2 is 2.00 bits per heavy atom. The van der Waals surface area contributed by atoms with Crippen LogP contribution in [0.2, 0.25) is 5.22 Å². The van der Waals surface area contributed by atoms with E-state index in [1.54, 1.807) is 11.1 Å². The number of hydrogen-bond donors (Lipinski definition) is 1. The molecule has 2 N–H and O–H groups in total. The fraction of sp³-hybridized carbons (Fsp3) is 0.476. The van der Waals surface area contributed by atoms with Crippen molar-refractivity contribution in [1.82, 2.24) is 19.7 Å². The minimum atomic E-state index is -0.489. The Balaban J connectivity index is 1.52. The van der Waals surface area contributed by atoms with Gasteiger partial charge in [0.15, 0.2) is 16.6 Å². The number of ether oxygens (including phenoxy) is 1. The van der Waals surface area contributed by atoms with Crippen LogP contribution in [0.25, 0.3) is 22.1 Å². The molecule has 3 aromatic heterocycles. The molecule has 1 amide bonds. The molecular weight excluding hydrogens is 406 g/mol. The smallest absolute Gasteiger partial charge is 0.410 e. The molecule has 160 valence electrons. The molecule has 0 spiro atoms. The van der Waals surface area contributed by atoms with Crippen LogP contribution in [0.1, 0.15) is 45.2 Å². The maximum absolute atomic E-state index is 12.3. The van der Waals surface area contributed by atoms with E-state index in [2.05, 4.69) is 10.1 Å². The molecule has 0 radical (unpaired) electrons. The average Bonchev–Trinajstić information content (AvgIpc) is 3.28. The van der Waals surface area contributed by atoms with Crippen molar-refractivity contribution in [2.45, 2.75) is 52.2 Å². The van der Waals surface area contributed by atoms with E-state index >= 15 is 0 Å². The molecule has 0 unspecified atom stereocenters. The lowest BCUT2D eigenvalue weighted by atomic mass is 10.0. The maximum atomic E-state index is 12.3. The van der Waals surface area contributed by atoms with Gasteiger partial charge in [0.2, 0.25) is 0 Å². The molecule has 0 aromatic carbocycles. The van der Waals surface area contributed by atoms with Gasteiger partial charge in [0.25, 0.3) is 0 Å². The van der Waals surface area contributed by atoms with Crippen LogP contribution in [0.5, 0.6) is 0 Å². The molecule has 4 rings (SSSR count). The number of anilines is 1. The van der Waals surface area contributed by atoms with Crippen LogP contribution >= 0.6 is 11.6 Å². The molecule has 3 aromatic rings. The molecule has 0 aliphatic carbocycles. The van der Waals surface area contributed by atoms with Crippen LogP contribution in [0, 0.1) is 6.92 Å². The molecule has 4 heterocycles. The number of piperidine rings is 1. The SMILES string of the molecule is Cc1c(Cl)oc2c(N)ncc(-c3cnn(C4CCN(C(=O)OC(C)(C)C)CC4)c3)c12. The summed E-state index contributed by atoms with van der Waals surface area (Å²) < 4.78 is 13.0. The van der Waals surface area contributed by atoms with Crippen LogP contribution in [0.3, 0.4) is 0 Å². The average molecular weight is 432 g/mol. The summed E-state index contributed by atoms with van der Waals surface area (Å²) in [6, 6.07) is 0.212. The van der Waals surface area contributed by atoms with Gasteiger partial charge in [-0.3, -0.25) is 4.68 Å². The first-order valence-electron chi connectivity index (χ1n) is 9.99. The third-order valence-corrected chi connectivity index (χ3v) is 5.69. The van der Waals surface area contributed by atoms with Gasteiger partial charge in [-0.1, -0.05) is 0 Å². The minimum absolute atomic E-state index is 0.212. The van der Waals surface area contributed by atoms with Crippen molar-refractivity contribution in [2.75, 3.05) is 18.8 Å². The van der Waals surface area contributed by atoms with E-state index in [1.807, 2.05) is 44.8 Å². The van der Waals surface area contributed by atoms with E-state index in [4.69, 9.17) is 26.5 Å². The number of nitrogens with zero attached hydrogens (tertiary/aromatic N) is 4. The van der Waals surface area contributed by atoms with E-state index in [9.17, 15) is 4.79 Å². The van der Waals surface area contributed by atoms with Crippen LogP contribution in [-0.2, 0) is 4.74 Å². The summed E-state index contributed by atoms with van der Waals surface area (Å²) >= 11 is 6.18. The van der Waals surface area contributed by atoms with Crippen LogP contribution in [-0.4, -0.2) is 44.4 Å². The van der Waals surface area contributed by atoms with Crippen molar-refractivity contribution in [1.29, 1.82) is 0 Å². The van der Waals surface area contributed by atoms with E-state index in [0.29, 0.717) is 29.7 Å². The third kappa shape index (κ3) is 3.84. The van der Waals surface area contributed by atoms with E-state index in [-0.39, 0.29) is 12.1 Å². The van der Waals surface area contributed by atoms with Crippen molar-refractivity contribution in [3.05, 3.63) is 29.4 Å². The number of likely N-dealkylation sites (tertiary alicyclic amines) is 1. The molecule has 0 atom stereocenters. The number of carbonyl (C=O) groups excluding carboxylic acids is 1. The summed E-state index contributed by atoms with van der Waals surface area (Å²) in [7, 11) is 0. The first kappa shape index (κ1) is 20.5. The molecule has 1 aliphatic heterocycles. The number of hydrogen-bond acceptors (Lipinski definition) is 6. The molecule has 9 heteroatoms. The van der Waals surface area contributed by atoms with Crippen LogP contribution in [0.15, 0.2) is 23.0 Å². The summed E-state index contributed by atoms with van der Waals surface area (Å²) in [5, 5.41) is 5.74. The number of halogens is 1. The molecule has 8 nitrogen and oxygen atoms in total. The first-order chi connectivity index (χ1) is 14.1. The van der Waals surface area contributed by atoms with Gasteiger partial charge < -0.3 is 19.8 Å². The summed E-state index contributed by atoms with van der Waals surface area (Å²) in [4.78, 5) is 18.3. The van der Waals surface area contributed by atoms with E-state index < -0.39 is 5.60 Å². The number of nitrogen functional groups attached to an aromatic ring is 1. The highest BCUT2D eigenvalue weighted by atomic mass is 35.5.